The number of esters is 2. The van der Waals surface area contributed by atoms with Gasteiger partial charge in [0, 0.05) is 0 Å². The van der Waals surface area contributed by atoms with Gasteiger partial charge in [0.15, 0.2) is 31.1 Å². The number of carbonyl (C=O) groups excluding carboxylic acids is 2. The van der Waals surface area contributed by atoms with Crippen LogP contribution in [0.3, 0.4) is 0 Å². The molecule has 12 heteroatoms. The quantitative estimate of drug-likeness (QED) is 0.149. The van der Waals surface area contributed by atoms with Gasteiger partial charge in [-0.05, 0) is 43.7 Å². The molecule has 2 saturated carbocycles. The van der Waals surface area contributed by atoms with E-state index < -0.39 is 76.7 Å². The Morgan fingerprint density at radius 2 is 1.88 bits per heavy atom. The van der Waals surface area contributed by atoms with Crippen molar-refractivity contribution in [2.45, 2.75) is 75.4 Å². The Kier molecular flexibility index (Phi) is 6.05. The van der Waals surface area contributed by atoms with E-state index in [4.69, 9.17) is 33.3 Å². The van der Waals surface area contributed by atoms with E-state index in [1.165, 1.54) is 14.0 Å². The van der Waals surface area contributed by atoms with E-state index in [-0.39, 0.29) is 19.8 Å². The van der Waals surface area contributed by atoms with E-state index in [2.05, 4.69) is 11.5 Å². The maximum absolute atomic E-state index is 13.9. The molecule has 222 valence electrons. The Labute approximate surface area is 236 Å². The average molecular weight is 575 g/mol. The summed E-state index contributed by atoms with van der Waals surface area (Å²) < 4.78 is 36.6. The topological polar surface area (TPSA) is 148 Å². The zero-order chi connectivity index (χ0) is 28.9. The molecule has 0 amide bonds. The van der Waals surface area contributed by atoms with Crippen molar-refractivity contribution in [2.24, 2.45) is 22.7 Å². The van der Waals surface area contributed by atoms with Crippen LogP contribution in [0.1, 0.15) is 31.4 Å². The number of benzene rings is 1. The van der Waals surface area contributed by atoms with Crippen molar-refractivity contribution in [2.75, 3.05) is 20.5 Å². The molecule has 2 spiro atoms. The molecular weight excluding hydrogens is 540 g/mol. The molecule has 7 rings (SSSR count). The molecule has 4 saturated heterocycles. The summed E-state index contributed by atoms with van der Waals surface area (Å²) in [6, 6.07) is 7.79. The van der Waals surface area contributed by atoms with Gasteiger partial charge in [0.05, 0.1) is 37.1 Å². The molecule has 0 aromatic heterocycles. The molecule has 0 radical (unpaired) electrons. The Balaban J connectivity index is 1.30. The van der Waals surface area contributed by atoms with Crippen molar-refractivity contribution in [3.05, 3.63) is 47.5 Å². The number of aliphatic hydroxyl groups excluding tert-OH is 1. The third-order valence-electron chi connectivity index (χ3n) is 10.5. The molecular formula is C29H34O12. The lowest BCUT2D eigenvalue weighted by atomic mass is 9.54. The Morgan fingerprint density at radius 1 is 1.15 bits per heavy atom. The molecule has 41 heavy (non-hydrogen) atoms. The van der Waals surface area contributed by atoms with E-state index in [1.54, 1.807) is 0 Å². The van der Waals surface area contributed by atoms with E-state index in [1.807, 2.05) is 31.2 Å². The first-order chi connectivity index (χ1) is 19.6. The fraction of sp³-hybridized carbons (Fsp3) is 0.655. The molecule has 0 bridgehead atoms. The average Bonchev–Trinajstić information content (AvgIpc) is 3.62. The number of fused-ring (bicyclic) bond motifs is 1. The number of hydrogen-bond acceptors (Lipinski definition) is 12. The van der Waals surface area contributed by atoms with Crippen LogP contribution in [0, 0.1) is 22.7 Å². The van der Waals surface area contributed by atoms with Crippen LogP contribution in [-0.2, 0) is 60.8 Å². The highest BCUT2D eigenvalue weighted by molar-refractivity contribution is 5.92. The second kappa shape index (κ2) is 9.04. The Morgan fingerprint density at radius 3 is 2.59 bits per heavy atom. The normalized spacial score (nSPS) is 47.0. The maximum Gasteiger partial charge on any atom is 0.342 e. The lowest BCUT2D eigenvalue weighted by Crippen LogP contribution is -2.67. The van der Waals surface area contributed by atoms with Gasteiger partial charge in [-0.25, -0.2) is 14.6 Å². The minimum absolute atomic E-state index is 0.134. The highest BCUT2D eigenvalue weighted by Gasteiger charge is 3.02. The first kappa shape index (κ1) is 27.4. The molecule has 4 heterocycles. The largest absolute Gasteiger partial charge is 0.459 e. The van der Waals surface area contributed by atoms with Crippen molar-refractivity contribution < 1.29 is 58.0 Å². The van der Waals surface area contributed by atoms with Crippen molar-refractivity contribution in [3.63, 3.8) is 0 Å². The number of hydrogen-bond donors (Lipinski definition) is 2. The van der Waals surface area contributed by atoms with Gasteiger partial charge < -0.3 is 38.6 Å². The monoisotopic (exact) mass is 574 g/mol. The molecule has 4 aliphatic heterocycles. The predicted octanol–water partition coefficient (Wildman–Crippen LogP) is 0.910. The molecule has 6 unspecified atom stereocenters. The zero-order valence-electron chi connectivity index (χ0n) is 23.1. The van der Waals surface area contributed by atoms with Crippen LogP contribution in [0.25, 0.3) is 0 Å². The summed E-state index contributed by atoms with van der Waals surface area (Å²) in [4.78, 5) is 36.1. The first-order valence-electron chi connectivity index (χ1n) is 13.9. The molecule has 1 aromatic carbocycles. The summed E-state index contributed by atoms with van der Waals surface area (Å²) in [5.74, 6) is -3.23. The molecule has 1 aromatic rings. The summed E-state index contributed by atoms with van der Waals surface area (Å²) in [6.45, 7) is 7.86. The minimum atomic E-state index is -2.21. The number of aliphatic hydroxyl groups is 2. The minimum Gasteiger partial charge on any atom is -0.459 e. The second-order valence-electron chi connectivity index (χ2n) is 12.0. The number of ether oxygens (including phenoxy) is 6. The predicted molar refractivity (Wildman–Crippen MR) is 134 cm³/mol. The van der Waals surface area contributed by atoms with E-state index in [0.717, 1.165) is 16.7 Å². The van der Waals surface area contributed by atoms with Crippen molar-refractivity contribution >= 4 is 11.9 Å². The van der Waals surface area contributed by atoms with Crippen molar-refractivity contribution in [1.82, 2.24) is 0 Å². The molecule has 2 aliphatic carbocycles. The fourth-order valence-corrected chi connectivity index (χ4v) is 8.97. The molecule has 2 N–H and O–H groups in total. The Hall–Kier alpha value is -2.42. The van der Waals surface area contributed by atoms with E-state index >= 15 is 0 Å². The third-order valence-corrected chi connectivity index (χ3v) is 10.5. The molecule has 11 atom stereocenters. The summed E-state index contributed by atoms with van der Waals surface area (Å²) in [5, 5.41) is 24.4. The van der Waals surface area contributed by atoms with Crippen LogP contribution in [0.4, 0.5) is 0 Å². The smallest absolute Gasteiger partial charge is 0.342 e. The van der Waals surface area contributed by atoms with E-state index in [0.29, 0.717) is 13.0 Å². The number of carbonyl (C=O) groups is 2. The van der Waals surface area contributed by atoms with Gasteiger partial charge in [-0.15, -0.1) is 0 Å². The van der Waals surface area contributed by atoms with Crippen LogP contribution in [-0.4, -0.2) is 84.8 Å². The van der Waals surface area contributed by atoms with Crippen LogP contribution in [0.5, 0.6) is 0 Å². The van der Waals surface area contributed by atoms with Crippen LogP contribution >= 0.6 is 0 Å². The van der Waals surface area contributed by atoms with Crippen LogP contribution in [0.15, 0.2) is 36.4 Å². The standard InChI is InChI=1S/C29H34O12/c1-14(2)18-11-19-27-20(30)21-28(33,15(3)22(31)40-21)29(27,23(32)39-19)41-25-26(18,27)24(36-13-37-25)35-12-17-7-5-16(6-8-17)9-10-38-34-4/h5-8,15,18-21,24-25,30,33H,1,9-13H2,2-4H3/t15-,18+,19?,20+,21?,24+,25?,26?,27?,28-,29?/m1/s1. The van der Waals surface area contributed by atoms with Gasteiger partial charge in [0.1, 0.15) is 12.2 Å². The summed E-state index contributed by atoms with van der Waals surface area (Å²) in [5.41, 5.74) is -4.71. The number of allylic oxidation sites excluding steroid dienone is 1. The molecule has 6 fully saturated rings. The molecule has 6 aliphatic rings. The van der Waals surface area contributed by atoms with Gasteiger partial charge in [0.25, 0.3) is 0 Å². The van der Waals surface area contributed by atoms with Gasteiger partial charge >= 0.3 is 11.9 Å². The van der Waals surface area contributed by atoms with Crippen LogP contribution in [0.2, 0.25) is 0 Å². The van der Waals surface area contributed by atoms with Gasteiger partial charge in [-0.3, -0.25) is 4.79 Å². The summed E-state index contributed by atoms with van der Waals surface area (Å²) >= 11 is 0. The summed E-state index contributed by atoms with van der Waals surface area (Å²) in [6.07, 6.45) is -5.10. The Bertz CT molecular complexity index is 1280. The second-order valence-corrected chi connectivity index (χ2v) is 12.0. The van der Waals surface area contributed by atoms with Gasteiger partial charge in [-0.2, -0.15) is 0 Å². The van der Waals surface area contributed by atoms with Gasteiger partial charge in [0.2, 0.25) is 5.60 Å². The summed E-state index contributed by atoms with van der Waals surface area (Å²) in [7, 11) is 1.46. The molecule has 12 nitrogen and oxygen atoms in total. The lowest BCUT2D eigenvalue weighted by molar-refractivity contribution is -0.382. The van der Waals surface area contributed by atoms with Gasteiger partial charge in [-0.1, -0.05) is 36.4 Å². The van der Waals surface area contributed by atoms with Crippen molar-refractivity contribution in [3.8, 4) is 0 Å². The third kappa shape index (κ3) is 2.92. The fourth-order valence-electron chi connectivity index (χ4n) is 8.97. The highest BCUT2D eigenvalue weighted by atomic mass is 17.2. The number of rotatable bonds is 8. The maximum atomic E-state index is 13.9. The highest BCUT2D eigenvalue weighted by Crippen LogP contribution is 2.83. The first-order valence-corrected chi connectivity index (χ1v) is 13.9. The van der Waals surface area contributed by atoms with Crippen LogP contribution < -0.4 is 0 Å². The SMILES string of the molecule is C=C(C)[C@@H]1CC2OC(=O)C34OC5OCO[C@H](OCc6ccc(CCOOC)cc6)C51C23[C@@H](O)C1OC(=O)[C@@H](C)[C@@]14O. The van der Waals surface area contributed by atoms with E-state index in [9.17, 15) is 19.8 Å². The lowest BCUT2D eigenvalue weighted by Gasteiger charge is -2.52. The van der Waals surface area contributed by atoms with Crippen molar-refractivity contribution in [1.29, 1.82) is 0 Å². The zero-order valence-corrected chi connectivity index (χ0v) is 23.1.